The predicted molar refractivity (Wildman–Crippen MR) is 134 cm³/mol. The van der Waals surface area contributed by atoms with Gasteiger partial charge in [-0.3, -0.25) is 14.4 Å². The van der Waals surface area contributed by atoms with E-state index in [0.717, 1.165) is 0 Å². The Morgan fingerprint density at radius 3 is 1.40 bits per heavy atom. The van der Waals surface area contributed by atoms with Gasteiger partial charge in [0, 0.05) is 22.3 Å². The van der Waals surface area contributed by atoms with Gasteiger partial charge in [0.25, 0.3) is 0 Å². The van der Waals surface area contributed by atoms with Gasteiger partial charge in [-0.15, -0.1) is 0 Å². The first kappa shape index (κ1) is 23.6. The molecule has 0 bridgehead atoms. The van der Waals surface area contributed by atoms with Gasteiger partial charge in [0.05, 0.1) is 16.7 Å². The maximum atomic E-state index is 14.0. The minimum Gasteiger partial charge on any atom is -0.507 e. The van der Waals surface area contributed by atoms with Gasteiger partial charge in [0.15, 0.2) is 17.3 Å². The first-order valence-corrected chi connectivity index (χ1v) is 11.1. The van der Waals surface area contributed by atoms with Crippen molar-refractivity contribution in [1.82, 2.24) is 0 Å². The van der Waals surface area contributed by atoms with Crippen LogP contribution < -0.4 is 0 Å². The highest BCUT2D eigenvalue weighted by atomic mass is 16.3. The first-order chi connectivity index (χ1) is 16.7. The molecule has 4 aromatic carbocycles. The highest BCUT2D eigenvalue weighted by Gasteiger charge is 2.34. The minimum atomic E-state index is -0.634. The number of carbonyl (C=O) groups excluding carboxylic acids is 3. The monoisotopic (exact) mass is 464 g/mol. The molecule has 5 heteroatoms. The predicted octanol–water partition coefficient (Wildman–Crippen LogP) is 5.72. The Kier molecular flexibility index (Phi) is 6.34. The maximum Gasteiger partial charge on any atom is 0.197 e. The van der Waals surface area contributed by atoms with E-state index >= 15 is 0 Å². The lowest BCUT2D eigenvalue weighted by Gasteiger charge is -2.20. The second-order valence-electron chi connectivity index (χ2n) is 8.43. The number of hydrogen-bond donors (Lipinski definition) is 2. The third-order valence-corrected chi connectivity index (χ3v) is 6.18. The zero-order chi connectivity index (χ0) is 25.3. The molecule has 0 unspecified atom stereocenters. The lowest BCUT2D eigenvalue weighted by atomic mass is 9.83. The van der Waals surface area contributed by atoms with Crippen molar-refractivity contribution < 1.29 is 24.6 Å². The molecule has 4 aromatic rings. The van der Waals surface area contributed by atoms with Crippen molar-refractivity contribution >= 4 is 17.3 Å². The second-order valence-corrected chi connectivity index (χ2v) is 8.43. The number of carbonyl (C=O) groups is 3. The lowest BCUT2D eigenvalue weighted by Crippen LogP contribution is -2.19. The third-order valence-electron chi connectivity index (χ3n) is 6.18. The summed E-state index contributed by atoms with van der Waals surface area (Å²) in [6.07, 6.45) is 0. The smallest absolute Gasteiger partial charge is 0.197 e. The van der Waals surface area contributed by atoms with E-state index in [2.05, 4.69) is 0 Å². The molecule has 0 spiro atoms. The summed E-state index contributed by atoms with van der Waals surface area (Å²) >= 11 is 0. The summed E-state index contributed by atoms with van der Waals surface area (Å²) in [5.41, 5.74) is 1.07. The van der Waals surface area contributed by atoms with Crippen LogP contribution in [0.3, 0.4) is 0 Å². The van der Waals surface area contributed by atoms with Crippen LogP contribution in [0.15, 0.2) is 78.9 Å². The molecule has 5 nitrogen and oxygen atoms in total. The Morgan fingerprint density at radius 1 is 0.514 bits per heavy atom. The summed E-state index contributed by atoms with van der Waals surface area (Å²) in [6, 6.07) is 21.8. The lowest BCUT2D eigenvalue weighted by molar-refractivity contribution is 0.0986. The van der Waals surface area contributed by atoms with Gasteiger partial charge >= 0.3 is 0 Å². The second kappa shape index (κ2) is 9.39. The molecule has 174 valence electrons. The van der Waals surface area contributed by atoms with Crippen molar-refractivity contribution in [3.8, 4) is 11.5 Å². The number of phenols is 2. The van der Waals surface area contributed by atoms with Gasteiger partial charge in [0.1, 0.15) is 11.5 Å². The Balaban J connectivity index is 2.11. The van der Waals surface area contributed by atoms with Gasteiger partial charge in [-0.1, -0.05) is 78.9 Å². The van der Waals surface area contributed by atoms with E-state index in [-0.39, 0.29) is 38.9 Å². The molecule has 0 aromatic heterocycles. The molecule has 0 aliphatic rings. The van der Waals surface area contributed by atoms with Crippen molar-refractivity contribution in [2.45, 2.75) is 20.8 Å². The van der Waals surface area contributed by atoms with Gasteiger partial charge in [-0.2, -0.15) is 0 Å². The molecule has 0 amide bonds. The SMILES string of the molecule is Cc1ccccc1C(=O)c1c(O)c(C)c(O)c(C(=O)c2ccccc2)c1C(=O)c1ccccc1C. The maximum absolute atomic E-state index is 14.0. The number of aromatic hydroxyl groups is 2. The molecule has 0 fully saturated rings. The molecular weight excluding hydrogens is 440 g/mol. The van der Waals surface area contributed by atoms with E-state index in [4.69, 9.17) is 0 Å². The van der Waals surface area contributed by atoms with E-state index in [1.807, 2.05) is 0 Å². The van der Waals surface area contributed by atoms with Crippen molar-refractivity contribution in [1.29, 1.82) is 0 Å². The number of aryl methyl sites for hydroxylation is 2. The fraction of sp³-hybridized carbons (Fsp3) is 0.100. The van der Waals surface area contributed by atoms with Crippen LogP contribution in [-0.4, -0.2) is 27.6 Å². The third kappa shape index (κ3) is 4.13. The molecule has 35 heavy (non-hydrogen) atoms. The van der Waals surface area contributed by atoms with E-state index in [9.17, 15) is 24.6 Å². The first-order valence-electron chi connectivity index (χ1n) is 11.1. The van der Waals surface area contributed by atoms with Crippen LogP contribution in [0.1, 0.15) is 64.5 Å². The van der Waals surface area contributed by atoms with Crippen molar-refractivity contribution in [3.05, 3.63) is 129 Å². The van der Waals surface area contributed by atoms with Crippen LogP contribution in [0.25, 0.3) is 0 Å². The zero-order valence-electron chi connectivity index (χ0n) is 19.6. The minimum absolute atomic E-state index is 0.0532. The summed E-state index contributed by atoms with van der Waals surface area (Å²) in [5, 5.41) is 22.1. The zero-order valence-corrected chi connectivity index (χ0v) is 19.6. The molecule has 2 N–H and O–H groups in total. The van der Waals surface area contributed by atoms with Gasteiger partial charge in [-0.05, 0) is 31.9 Å². The number of hydrogen-bond acceptors (Lipinski definition) is 5. The Morgan fingerprint density at radius 2 is 0.914 bits per heavy atom. The molecule has 0 saturated carbocycles. The quantitative estimate of drug-likeness (QED) is 0.356. The average Bonchev–Trinajstić information content (AvgIpc) is 2.87. The van der Waals surface area contributed by atoms with Crippen LogP contribution in [-0.2, 0) is 0 Å². The molecule has 0 radical (unpaired) electrons. The van der Waals surface area contributed by atoms with E-state index in [1.165, 1.54) is 6.92 Å². The van der Waals surface area contributed by atoms with Crippen LogP contribution >= 0.6 is 0 Å². The standard InChI is InChI=1S/C30H24O5/c1-17-11-7-9-15-21(17)29(34)23-24(28(33)20-13-5-4-6-14-20)26(31)19(3)27(32)25(23)30(35)22-16-10-8-12-18(22)2/h4-16,31-32H,1-3H3. The Bertz CT molecular complexity index is 1480. The number of ketones is 3. The molecule has 0 atom stereocenters. The van der Waals surface area contributed by atoms with Gasteiger partial charge in [-0.25, -0.2) is 0 Å². The van der Waals surface area contributed by atoms with Crippen LogP contribution in [0.2, 0.25) is 0 Å². The van der Waals surface area contributed by atoms with Crippen LogP contribution in [0.4, 0.5) is 0 Å². The summed E-state index contributed by atoms with van der Waals surface area (Å²) in [4.78, 5) is 41.4. The van der Waals surface area contributed by atoms with Crippen molar-refractivity contribution in [2.75, 3.05) is 0 Å². The summed E-state index contributed by atoms with van der Waals surface area (Å²) < 4.78 is 0. The molecular formula is C30H24O5. The number of phenolic OH excluding ortho intramolecular Hbond substituents is 2. The van der Waals surface area contributed by atoms with E-state index in [0.29, 0.717) is 11.1 Å². The molecule has 0 aliphatic carbocycles. The highest BCUT2D eigenvalue weighted by Crippen LogP contribution is 2.41. The van der Waals surface area contributed by atoms with Crippen LogP contribution in [0.5, 0.6) is 11.5 Å². The summed E-state index contributed by atoms with van der Waals surface area (Å²) in [7, 11) is 0. The topological polar surface area (TPSA) is 91.7 Å². The fourth-order valence-electron chi connectivity index (χ4n) is 4.18. The highest BCUT2D eigenvalue weighted by molar-refractivity contribution is 6.28. The molecule has 4 rings (SSSR count). The fourth-order valence-corrected chi connectivity index (χ4v) is 4.18. The van der Waals surface area contributed by atoms with Crippen LogP contribution in [0, 0.1) is 20.8 Å². The number of benzene rings is 4. The molecule has 0 saturated heterocycles. The number of rotatable bonds is 6. The van der Waals surface area contributed by atoms with E-state index in [1.54, 1.807) is 92.7 Å². The van der Waals surface area contributed by atoms with Crippen molar-refractivity contribution in [3.63, 3.8) is 0 Å². The Hall–Kier alpha value is -4.51. The molecule has 0 heterocycles. The average molecular weight is 465 g/mol. The van der Waals surface area contributed by atoms with Gasteiger partial charge in [0.2, 0.25) is 0 Å². The summed E-state index contributed by atoms with van der Waals surface area (Å²) in [5.74, 6) is -2.93. The Labute approximate surface area is 203 Å². The largest absolute Gasteiger partial charge is 0.507 e. The van der Waals surface area contributed by atoms with Gasteiger partial charge < -0.3 is 10.2 Å². The van der Waals surface area contributed by atoms with E-state index < -0.39 is 28.8 Å². The van der Waals surface area contributed by atoms with Crippen molar-refractivity contribution in [2.24, 2.45) is 0 Å². The molecule has 0 aliphatic heterocycles. The normalized spacial score (nSPS) is 10.7. The summed E-state index contributed by atoms with van der Waals surface area (Å²) in [6.45, 7) is 4.89.